The van der Waals surface area contributed by atoms with Gasteiger partial charge in [-0.3, -0.25) is 4.79 Å². The molecule has 1 amide bonds. The highest BCUT2D eigenvalue weighted by atomic mass is 16.5. The van der Waals surface area contributed by atoms with E-state index in [1.54, 1.807) is 0 Å². The van der Waals surface area contributed by atoms with Crippen molar-refractivity contribution in [1.29, 1.82) is 0 Å². The number of carbonyl (C=O) groups is 1. The first-order valence-corrected chi connectivity index (χ1v) is 8.51. The van der Waals surface area contributed by atoms with Gasteiger partial charge in [0.25, 0.3) is 5.91 Å². The number of hydrogen-bond acceptors (Lipinski definition) is 3. The molecule has 1 atom stereocenters. The van der Waals surface area contributed by atoms with E-state index < -0.39 is 5.60 Å². The number of rotatable bonds is 9. The summed E-state index contributed by atoms with van der Waals surface area (Å²) < 4.78 is 11.5. The second kappa shape index (κ2) is 8.92. The van der Waals surface area contributed by atoms with Crippen LogP contribution in [0.5, 0.6) is 5.75 Å². The molecular weight excluding hydrogens is 290 g/mol. The molecule has 0 heterocycles. The van der Waals surface area contributed by atoms with Gasteiger partial charge in [-0.15, -0.1) is 0 Å². The lowest BCUT2D eigenvalue weighted by Gasteiger charge is -2.28. The average molecular weight is 321 g/mol. The number of benzene rings is 1. The zero-order valence-corrected chi connectivity index (χ0v) is 15.4. The van der Waals surface area contributed by atoms with Gasteiger partial charge in [0.2, 0.25) is 0 Å². The largest absolute Gasteiger partial charge is 0.493 e. The van der Waals surface area contributed by atoms with Crippen LogP contribution in [0.4, 0.5) is 5.69 Å². The Morgan fingerprint density at radius 1 is 1.30 bits per heavy atom. The lowest BCUT2D eigenvalue weighted by Crippen LogP contribution is -2.42. The number of ether oxygens (including phenoxy) is 2. The van der Waals surface area contributed by atoms with Gasteiger partial charge >= 0.3 is 0 Å². The molecule has 1 aromatic rings. The molecule has 1 unspecified atom stereocenters. The molecule has 1 aromatic carbocycles. The van der Waals surface area contributed by atoms with E-state index >= 15 is 0 Å². The summed E-state index contributed by atoms with van der Waals surface area (Å²) in [5.41, 5.74) is 0.994. The first kappa shape index (κ1) is 19.5. The van der Waals surface area contributed by atoms with E-state index in [9.17, 15) is 4.79 Å². The maximum atomic E-state index is 12.6. The minimum atomic E-state index is -0.787. The van der Waals surface area contributed by atoms with Crippen molar-refractivity contribution in [3.05, 3.63) is 23.8 Å². The number of hydrogen-bond donors (Lipinski definition) is 1. The zero-order chi connectivity index (χ0) is 17.5. The van der Waals surface area contributed by atoms with Crippen molar-refractivity contribution in [1.82, 2.24) is 0 Å². The monoisotopic (exact) mass is 321 g/mol. The van der Waals surface area contributed by atoms with E-state index in [0.717, 1.165) is 23.4 Å². The molecule has 0 spiro atoms. The molecule has 0 aromatic heterocycles. The van der Waals surface area contributed by atoms with Crippen molar-refractivity contribution < 1.29 is 14.3 Å². The summed E-state index contributed by atoms with van der Waals surface area (Å²) in [5, 5.41) is 2.97. The van der Waals surface area contributed by atoms with Gasteiger partial charge in [0, 0.05) is 12.3 Å². The number of carbonyl (C=O) groups excluding carboxylic acids is 1. The van der Waals surface area contributed by atoms with Crippen molar-refractivity contribution >= 4 is 11.6 Å². The lowest BCUT2D eigenvalue weighted by atomic mass is 9.99. The minimum Gasteiger partial charge on any atom is -0.493 e. The number of aryl methyl sites for hydroxylation is 1. The molecule has 4 nitrogen and oxygen atoms in total. The number of amides is 1. The molecule has 0 fully saturated rings. The summed E-state index contributed by atoms with van der Waals surface area (Å²) in [6, 6.07) is 5.72. The maximum absolute atomic E-state index is 12.6. The maximum Gasteiger partial charge on any atom is 0.256 e. The highest BCUT2D eigenvalue weighted by Crippen LogP contribution is 2.25. The van der Waals surface area contributed by atoms with Crippen LogP contribution < -0.4 is 10.1 Å². The van der Waals surface area contributed by atoms with Crippen molar-refractivity contribution in [2.24, 2.45) is 5.92 Å². The second-order valence-electron chi connectivity index (χ2n) is 6.55. The van der Waals surface area contributed by atoms with Gasteiger partial charge in [-0.25, -0.2) is 0 Å². The molecule has 0 radical (unpaired) electrons. The van der Waals surface area contributed by atoms with Crippen LogP contribution in [0.2, 0.25) is 0 Å². The topological polar surface area (TPSA) is 47.6 Å². The quantitative estimate of drug-likeness (QED) is 0.725. The van der Waals surface area contributed by atoms with E-state index in [-0.39, 0.29) is 5.91 Å². The van der Waals surface area contributed by atoms with E-state index in [0.29, 0.717) is 25.6 Å². The van der Waals surface area contributed by atoms with Crippen LogP contribution >= 0.6 is 0 Å². The van der Waals surface area contributed by atoms with Crippen LogP contribution in [-0.2, 0) is 9.53 Å². The zero-order valence-electron chi connectivity index (χ0n) is 15.4. The normalized spacial score (nSPS) is 13.7. The first-order chi connectivity index (χ1) is 10.8. The molecule has 0 aliphatic heterocycles. The van der Waals surface area contributed by atoms with Crippen LogP contribution in [0.25, 0.3) is 0 Å². The van der Waals surface area contributed by atoms with Crippen molar-refractivity contribution in [2.75, 3.05) is 18.5 Å². The van der Waals surface area contributed by atoms with Gasteiger partial charge in [0.05, 0.1) is 6.61 Å². The van der Waals surface area contributed by atoms with E-state index in [1.807, 2.05) is 39.0 Å². The molecule has 4 heteroatoms. The van der Waals surface area contributed by atoms with E-state index in [2.05, 4.69) is 26.1 Å². The van der Waals surface area contributed by atoms with Crippen LogP contribution in [0.15, 0.2) is 18.2 Å². The van der Waals surface area contributed by atoms with Gasteiger partial charge in [-0.05, 0) is 56.9 Å². The molecule has 0 aliphatic carbocycles. The summed E-state index contributed by atoms with van der Waals surface area (Å²) in [4.78, 5) is 12.6. The fourth-order valence-electron chi connectivity index (χ4n) is 2.46. The smallest absolute Gasteiger partial charge is 0.256 e. The van der Waals surface area contributed by atoms with Crippen LogP contribution in [0, 0.1) is 12.8 Å². The summed E-state index contributed by atoms with van der Waals surface area (Å²) in [5.74, 6) is 1.24. The van der Waals surface area contributed by atoms with Gasteiger partial charge in [-0.1, -0.05) is 27.2 Å². The molecule has 0 saturated heterocycles. The molecule has 0 aliphatic rings. The Labute approximate surface area is 140 Å². The molecule has 23 heavy (non-hydrogen) atoms. The van der Waals surface area contributed by atoms with Crippen molar-refractivity contribution in [3.63, 3.8) is 0 Å². The fraction of sp³-hybridized carbons (Fsp3) is 0.632. The summed E-state index contributed by atoms with van der Waals surface area (Å²) >= 11 is 0. The predicted molar refractivity (Wildman–Crippen MR) is 95.1 cm³/mol. The van der Waals surface area contributed by atoms with Crippen LogP contribution in [0.3, 0.4) is 0 Å². The van der Waals surface area contributed by atoms with E-state index in [1.165, 1.54) is 0 Å². The summed E-state index contributed by atoms with van der Waals surface area (Å²) in [6.07, 6.45) is 1.59. The van der Waals surface area contributed by atoms with Gasteiger partial charge in [0.15, 0.2) is 0 Å². The fourth-order valence-corrected chi connectivity index (χ4v) is 2.46. The third-order valence-corrected chi connectivity index (χ3v) is 3.68. The first-order valence-electron chi connectivity index (χ1n) is 8.51. The standard InChI is InChI=1S/C19H31NO3/c1-7-11-19(6,23-8-2)18(21)20-16-9-10-17(15(5)12-16)22-13-14(3)4/h9-10,12,14H,7-8,11,13H2,1-6H3,(H,20,21). The van der Waals surface area contributed by atoms with Gasteiger partial charge in [-0.2, -0.15) is 0 Å². The van der Waals surface area contributed by atoms with Crippen LogP contribution in [0.1, 0.15) is 53.0 Å². The molecular formula is C19H31NO3. The molecule has 0 saturated carbocycles. The van der Waals surface area contributed by atoms with E-state index in [4.69, 9.17) is 9.47 Å². The predicted octanol–water partition coefficient (Wildman–Crippen LogP) is 4.56. The minimum absolute atomic E-state index is 0.101. The highest BCUT2D eigenvalue weighted by molar-refractivity contribution is 5.97. The van der Waals surface area contributed by atoms with Crippen LogP contribution in [-0.4, -0.2) is 24.7 Å². The SMILES string of the molecule is CCCC(C)(OCC)C(=O)Nc1ccc(OCC(C)C)c(C)c1. The number of nitrogens with one attached hydrogen (secondary N) is 1. The summed E-state index contributed by atoms with van der Waals surface area (Å²) in [7, 11) is 0. The van der Waals surface area contributed by atoms with Gasteiger partial charge in [0.1, 0.15) is 11.4 Å². The number of anilines is 1. The van der Waals surface area contributed by atoms with Crippen molar-refractivity contribution in [3.8, 4) is 5.75 Å². The van der Waals surface area contributed by atoms with Gasteiger partial charge < -0.3 is 14.8 Å². The Morgan fingerprint density at radius 2 is 2.00 bits per heavy atom. The average Bonchev–Trinajstić information content (AvgIpc) is 2.46. The second-order valence-corrected chi connectivity index (χ2v) is 6.55. The molecule has 1 N–H and O–H groups in total. The Morgan fingerprint density at radius 3 is 2.52 bits per heavy atom. The Balaban J connectivity index is 2.80. The highest BCUT2D eigenvalue weighted by Gasteiger charge is 2.32. The lowest BCUT2D eigenvalue weighted by molar-refractivity contribution is -0.139. The summed E-state index contributed by atoms with van der Waals surface area (Å²) in [6.45, 7) is 13.2. The Hall–Kier alpha value is -1.55. The molecule has 130 valence electrons. The Bertz CT molecular complexity index is 505. The van der Waals surface area contributed by atoms with Crippen molar-refractivity contribution in [2.45, 2.75) is 60.0 Å². The third-order valence-electron chi connectivity index (χ3n) is 3.68. The molecule has 1 rings (SSSR count). The Kier molecular flexibility index (Phi) is 7.56. The molecule has 0 bridgehead atoms. The third kappa shape index (κ3) is 5.87.